The minimum absolute atomic E-state index is 0.0416. The largest absolute Gasteiger partial charge is 0.477 e. The van der Waals surface area contributed by atoms with E-state index in [-0.39, 0.29) is 29.0 Å². The summed E-state index contributed by atoms with van der Waals surface area (Å²) >= 11 is 2.25. The molecule has 4 N–H and O–H groups in total. The monoisotopic (exact) mass is 502 g/mol. The fourth-order valence-electron chi connectivity index (χ4n) is 3.44. The van der Waals surface area contributed by atoms with Crippen molar-refractivity contribution in [3.63, 3.8) is 0 Å². The van der Waals surface area contributed by atoms with Crippen molar-refractivity contribution in [3.8, 4) is 0 Å². The summed E-state index contributed by atoms with van der Waals surface area (Å²) in [6, 6.07) is 4.58. The van der Waals surface area contributed by atoms with Gasteiger partial charge in [0.15, 0.2) is 24.1 Å². The highest BCUT2D eigenvalue weighted by atomic mass is 32.2. The van der Waals surface area contributed by atoms with Gasteiger partial charge in [-0.2, -0.15) is 9.36 Å². The van der Waals surface area contributed by atoms with Gasteiger partial charge in [0, 0.05) is 35.0 Å². The molecule has 0 bridgehead atoms. The Balaban J connectivity index is 1.53. The molecule has 2 aromatic heterocycles. The maximum Gasteiger partial charge on any atom is 0.352 e. The molecular weight excluding hydrogens is 482 g/mol. The van der Waals surface area contributed by atoms with Crippen molar-refractivity contribution in [2.45, 2.75) is 18.0 Å². The van der Waals surface area contributed by atoms with Gasteiger partial charge in [-0.15, -0.1) is 11.8 Å². The van der Waals surface area contributed by atoms with Crippen LogP contribution in [-0.4, -0.2) is 66.6 Å². The minimum atomic E-state index is -1.20. The Kier molecular flexibility index (Phi) is 6.88. The fourth-order valence-corrected chi connectivity index (χ4v) is 5.21. The van der Waals surface area contributed by atoms with E-state index in [1.807, 2.05) is 35.2 Å². The first-order valence-electron chi connectivity index (χ1n) is 9.96. The normalized spacial score (nSPS) is 19.8. The lowest BCUT2D eigenvalue weighted by atomic mass is 10.0. The molecule has 4 heterocycles. The quantitative estimate of drug-likeness (QED) is 0.105. The standard InChI is InChI=1S/C20H19N7O5S2/c1-2-8-32-24-12(15-23-20(21)34-25-15)16(28)22-13-17(29)27-14(19(30)31)11(10-33-18(13)27)9-26-6-4-3-5-7-26/h2-7,13,18H,1,8-10H2,(H3-,21,22,23,25,28,30,31)/p+1/t13?,18-/m0/s1. The minimum Gasteiger partial charge on any atom is -0.477 e. The summed E-state index contributed by atoms with van der Waals surface area (Å²) in [6.45, 7) is 3.88. The summed E-state index contributed by atoms with van der Waals surface area (Å²) < 4.78 is 5.81. The first-order valence-corrected chi connectivity index (χ1v) is 11.8. The summed E-state index contributed by atoms with van der Waals surface area (Å²) in [5, 5.41) is 15.7. The third kappa shape index (κ3) is 4.63. The second-order valence-corrected chi connectivity index (χ2v) is 9.04. The van der Waals surface area contributed by atoms with Crippen LogP contribution >= 0.6 is 23.3 Å². The van der Waals surface area contributed by atoms with E-state index in [9.17, 15) is 19.5 Å². The number of nitrogens with zero attached hydrogens (tertiary/aromatic N) is 5. The number of thioether (sulfide) groups is 1. The van der Waals surface area contributed by atoms with Gasteiger partial charge in [0.05, 0.1) is 0 Å². The number of aliphatic carboxylic acids is 1. The third-order valence-corrected chi connectivity index (χ3v) is 6.79. The lowest BCUT2D eigenvalue weighted by Crippen LogP contribution is -2.71. The Bertz CT molecular complexity index is 1200. The topological polar surface area (TPSA) is 164 Å². The maximum atomic E-state index is 12.9. The molecule has 14 heteroatoms. The molecule has 0 aliphatic carbocycles. The smallest absolute Gasteiger partial charge is 0.352 e. The number of nitrogens with one attached hydrogen (secondary N) is 1. The number of hydrogen-bond donors (Lipinski definition) is 3. The van der Waals surface area contributed by atoms with E-state index in [1.54, 1.807) is 0 Å². The fraction of sp³-hybridized carbons (Fsp3) is 0.250. The van der Waals surface area contributed by atoms with Crippen molar-refractivity contribution in [2.75, 3.05) is 18.1 Å². The number of oxime groups is 1. The van der Waals surface area contributed by atoms with Gasteiger partial charge in [-0.1, -0.05) is 23.9 Å². The van der Waals surface area contributed by atoms with Gasteiger partial charge in [-0.3, -0.25) is 14.5 Å². The van der Waals surface area contributed by atoms with Crippen molar-refractivity contribution < 1.29 is 28.9 Å². The number of carboxylic acids is 1. The summed E-state index contributed by atoms with van der Waals surface area (Å²) in [7, 11) is 0. The van der Waals surface area contributed by atoms with E-state index in [1.165, 1.54) is 22.7 Å². The number of amides is 2. The lowest BCUT2D eigenvalue weighted by Gasteiger charge is -2.49. The van der Waals surface area contributed by atoms with E-state index in [4.69, 9.17) is 10.6 Å². The second-order valence-electron chi connectivity index (χ2n) is 7.15. The van der Waals surface area contributed by atoms with Crippen LogP contribution < -0.4 is 15.6 Å². The van der Waals surface area contributed by atoms with Gasteiger partial charge >= 0.3 is 5.97 Å². The van der Waals surface area contributed by atoms with Crippen LogP contribution in [0.4, 0.5) is 5.13 Å². The van der Waals surface area contributed by atoms with Crippen LogP contribution in [0.25, 0.3) is 0 Å². The summed E-state index contributed by atoms with van der Waals surface area (Å²) in [5.41, 5.74) is 5.89. The Morgan fingerprint density at radius 1 is 1.41 bits per heavy atom. The number of anilines is 1. The highest BCUT2D eigenvalue weighted by molar-refractivity contribution is 8.00. The number of rotatable bonds is 9. The molecule has 12 nitrogen and oxygen atoms in total. The number of pyridine rings is 1. The van der Waals surface area contributed by atoms with E-state index in [0.29, 0.717) is 17.9 Å². The number of carbonyl (C=O) groups is 3. The Hall–Kier alpha value is -3.78. The molecule has 0 saturated carbocycles. The molecule has 2 aliphatic heterocycles. The molecule has 2 amide bonds. The summed E-state index contributed by atoms with van der Waals surface area (Å²) in [5.74, 6) is -2.13. The molecular formula is C20H20N7O5S2+. The highest BCUT2D eigenvalue weighted by Gasteiger charge is 2.54. The predicted octanol–water partition coefficient (Wildman–Crippen LogP) is -0.247. The van der Waals surface area contributed by atoms with Gasteiger partial charge in [0.25, 0.3) is 11.8 Å². The molecule has 2 aliphatic rings. The van der Waals surface area contributed by atoms with Crippen LogP contribution in [0.15, 0.2) is 59.7 Å². The van der Waals surface area contributed by atoms with E-state index in [2.05, 4.69) is 26.4 Å². The first-order chi connectivity index (χ1) is 16.4. The van der Waals surface area contributed by atoms with E-state index < -0.39 is 29.2 Å². The van der Waals surface area contributed by atoms with Crippen molar-refractivity contribution in [1.82, 2.24) is 19.6 Å². The molecule has 1 unspecified atom stereocenters. The van der Waals surface area contributed by atoms with Crippen LogP contribution in [0.3, 0.4) is 0 Å². The van der Waals surface area contributed by atoms with Gasteiger partial charge < -0.3 is 21.0 Å². The summed E-state index contributed by atoms with van der Waals surface area (Å²) in [6.07, 6.45) is 5.08. The number of carboxylic acid groups (broad SMARTS) is 1. The third-order valence-electron chi connectivity index (χ3n) is 4.90. The number of carbonyl (C=O) groups excluding carboxylic acids is 2. The van der Waals surface area contributed by atoms with Crippen LogP contribution in [0.2, 0.25) is 0 Å². The molecule has 0 aromatic carbocycles. The Morgan fingerprint density at radius 2 is 2.18 bits per heavy atom. The number of nitrogen functional groups attached to an aromatic ring is 1. The van der Waals surface area contributed by atoms with Crippen molar-refractivity contribution in [1.29, 1.82) is 0 Å². The number of aromatic nitrogens is 3. The molecule has 0 radical (unpaired) electrons. The van der Waals surface area contributed by atoms with Crippen molar-refractivity contribution >= 4 is 51.9 Å². The summed E-state index contributed by atoms with van der Waals surface area (Å²) in [4.78, 5) is 48.1. The highest BCUT2D eigenvalue weighted by Crippen LogP contribution is 2.40. The number of hydrogen-bond acceptors (Lipinski definition) is 10. The van der Waals surface area contributed by atoms with Crippen LogP contribution in [-0.2, 0) is 25.8 Å². The van der Waals surface area contributed by atoms with Gasteiger partial charge in [-0.25, -0.2) is 9.36 Å². The maximum absolute atomic E-state index is 12.9. The second kappa shape index (κ2) is 10.0. The molecule has 0 spiro atoms. The SMILES string of the molecule is C=CCON=C(C(=O)NC1C(=O)N2C(C(=O)O)=C(C[n+]3ccccc3)CS[C@@H]12)c1nsc(N)n1. The molecule has 1 fully saturated rings. The molecule has 2 atom stereocenters. The Labute approximate surface area is 202 Å². The number of β-lactam (4-membered cyclic amide) rings is 1. The number of fused-ring (bicyclic) bond motifs is 1. The lowest BCUT2D eigenvalue weighted by molar-refractivity contribution is -0.689. The van der Waals surface area contributed by atoms with Crippen LogP contribution in [0, 0.1) is 0 Å². The Morgan fingerprint density at radius 3 is 2.82 bits per heavy atom. The zero-order valence-corrected chi connectivity index (χ0v) is 19.3. The zero-order chi connectivity index (χ0) is 24.2. The average Bonchev–Trinajstić information content (AvgIpc) is 3.26. The van der Waals surface area contributed by atoms with Crippen molar-refractivity contribution in [3.05, 3.63) is 60.3 Å². The number of nitrogens with two attached hydrogens (primary N) is 1. The van der Waals surface area contributed by atoms with Crippen molar-refractivity contribution in [2.24, 2.45) is 5.16 Å². The average molecular weight is 503 g/mol. The molecule has 1 saturated heterocycles. The van der Waals surface area contributed by atoms with E-state index >= 15 is 0 Å². The predicted molar refractivity (Wildman–Crippen MR) is 123 cm³/mol. The molecule has 176 valence electrons. The zero-order valence-electron chi connectivity index (χ0n) is 17.7. The van der Waals surface area contributed by atoms with Gasteiger partial charge in [0.2, 0.25) is 11.5 Å². The van der Waals surface area contributed by atoms with Gasteiger partial charge in [-0.05, 0) is 0 Å². The molecule has 2 aromatic rings. The van der Waals surface area contributed by atoms with Crippen LogP contribution in [0.5, 0.6) is 0 Å². The van der Waals surface area contributed by atoms with Gasteiger partial charge in [0.1, 0.15) is 23.7 Å². The molecule has 4 rings (SSSR count). The first kappa shape index (κ1) is 23.4. The van der Waals surface area contributed by atoms with Crippen LogP contribution in [0.1, 0.15) is 5.82 Å². The molecule has 34 heavy (non-hydrogen) atoms. The van der Waals surface area contributed by atoms with E-state index in [0.717, 1.165) is 11.5 Å².